The lowest BCUT2D eigenvalue weighted by molar-refractivity contribution is 0.0689. The molecule has 2 aromatic heterocycles. The quantitative estimate of drug-likeness (QED) is 0.919. The first-order valence-corrected chi connectivity index (χ1v) is 7.95. The minimum atomic E-state index is -0.922. The van der Waals surface area contributed by atoms with Crippen LogP contribution in [0.3, 0.4) is 0 Å². The maximum atomic E-state index is 11.6. The lowest BCUT2D eigenvalue weighted by Crippen LogP contribution is -2.53. The summed E-state index contributed by atoms with van der Waals surface area (Å²) in [6.45, 7) is 10.1. The Morgan fingerprint density at radius 3 is 2.52 bits per heavy atom. The van der Waals surface area contributed by atoms with E-state index >= 15 is 0 Å². The van der Waals surface area contributed by atoms with E-state index in [4.69, 9.17) is 0 Å². The van der Waals surface area contributed by atoms with Gasteiger partial charge in [0.05, 0.1) is 0 Å². The number of piperazine rings is 1. The van der Waals surface area contributed by atoms with Gasteiger partial charge in [0.25, 0.3) is 0 Å². The molecular formula is C14H20N4O2S. The summed E-state index contributed by atoms with van der Waals surface area (Å²) in [7, 11) is 0. The number of carboxylic acid groups (broad SMARTS) is 1. The van der Waals surface area contributed by atoms with Crippen molar-refractivity contribution in [2.24, 2.45) is 0 Å². The van der Waals surface area contributed by atoms with Crippen molar-refractivity contribution < 1.29 is 9.90 Å². The fourth-order valence-electron chi connectivity index (χ4n) is 2.78. The maximum absolute atomic E-state index is 11.6. The van der Waals surface area contributed by atoms with E-state index in [1.54, 1.807) is 10.6 Å². The third-order valence-electron chi connectivity index (χ3n) is 3.97. The molecule has 1 N–H and O–H groups in total. The predicted molar refractivity (Wildman–Crippen MR) is 83.6 cm³/mol. The molecule has 0 saturated carbocycles. The highest BCUT2D eigenvalue weighted by molar-refractivity contribution is 7.15. The predicted octanol–water partition coefficient (Wildman–Crippen LogP) is 2.01. The molecule has 0 spiro atoms. The number of fused-ring (bicyclic) bond motifs is 1. The second kappa shape index (κ2) is 4.99. The highest BCUT2D eigenvalue weighted by Gasteiger charge is 2.30. The smallest absolute Gasteiger partial charge is 0.356 e. The van der Waals surface area contributed by atoms with E-state index in [9.17, 15) is 9.90 Å². The van der Waals surface area contributed by atoms with Gasteiger partial charge in [0.2, 0.25) is 0 Å². The van der Waals surface area contributed by atoms with Crippen molar-refractivity contribution >= 4 is 28.1 Å². The summed E-state index contributed by atoms with van der Waals surface area (Å²) >= 11 is 1.46. The van der Waals surface area contributed by atoms with Crippen molar-refractivity contribution in [3.05, 3.63) is 17.3 Å². The summed E-state index contributed by atoms with van der Waals surface area (Å²) < 4.78 is 1.67. The summed E-state index contributed by atoms with van der Waals surface area (Å²) in [5.41, 5.74) is 0.423. The molecule has 0 radical (unpaired) electrons. The van der Waals surface area contributed by atoms with Gasteiger partial charge in [0, 0.05) is 43.3 Å². The standard InChI is InChI=1S/C14H20N4O2S/c1-14(2,3)17-6-4-16(5-7-17)11-10(12(19)20)18-8-9-21-13(18)15-11/h8-9H,4-7H2,1-3H3,(H,19,20). The SMILES string of the molecule is CC(C)(C)N1CCN(c2nc3sccn3c2C(=O)O)CC1. The number of carbonyl (C=O) groups is 1. The Morgan fingerprint density at radius 1 is 1.29 bits per heavy atom. The first kappa shape index (κ1) is 14.3. The molecule has 0 unspecified atom stereocenters. The largest absolute Gasteiger partial charge is 0.476 e. The van der Waals surface area contributed by atoms with E-state index in [-0.39, 0.29) is 11.2 Å². The Bertz CT molecular complexity index is 662. The van der Waals surface area contributed by atoms with Crippen molar-refractivity contribution in [1.82, 2.24) is 14.3 Å². The first-order chi connectivity index (χ1) is 9.88. The van der Waals surface area contributed by atoms with Crippen LogP contribution in [0.25, 0.3) is 4.96 Å². The molecule has 0 aliphatic carbocycles. The molecule has 1 aliphatic rings. The average molecular weight is 308 g/mol. The van der Waals surface area contributed by atoms with E-state index in [0.29, 0.717) is 5.82 Å². The molecule has 1 fully saturated rings. The third-order valence-corrected chi connectivity index (χ3v) is 4.73. The molecular weight excluding hydrogens is 288 g/mol. The van der Waals surface area contributed by atoms with Crippen LogP contribution in [0.15, 0.2) is 11.6 Å². The van der Waals surface area contributed by atoms with E-state index in [1.807, 2.05) is 5.38 Å². The van der Waals surface area contributed by atoms with Gasteiger partial charge in [-0.3, -0.25) is 9.30 Å². The number of anilines is 1. The minimum Gasteiger partial charge on any atom is -0.476 e. The van der Waals surface area contributed by atoms with Gasteiger partial charge in [-0.2, -0.15) is 0 Å². The van der Waals surface area contributed by atoms with Gasteiger partial charge in [0.15, 0.2) is 16.5 Å². The van der Waals surface area contributed by atoms with Crippen LogP contribution < -0.4 is 4.90 Å². The molecule has 2 aromatic rings. The van der Waals surface area contributed by atoms with Crippen LogP contribution in [0.5, 0.6) is 0 Å². The second-order valence-electron chi connectivity index (χ2n) is 6.29. The number of carboxylic acids is 1. The van der Waals surface area contributed by atoms with E-state index in [1.165, 1.54) is 11.3 Å². The molecule has 0 amide bonds. The molecule has 3 rings (SSSR count). The van der Waals surface area contributed by atoms with Gasteiger partial charge in [-0.25, -0.2) is 9.78 Å². The summed E-state index contributed by atoms with van der Waals surface area (Å²) in [6.07, 6.45) is 1.77. The molecule has 7 heteroatoms. The van der Waals surface area contributed by atoms with E-state index < -0.39 is 5.97 Å². The molecule has 0 bridgehead atoms. The number of rotatable bonds is 2. The first-order valence-electron chi connectivity index (χ1n) is 7.07. The van der Waals surface area contributed by atoms with Crippen molar-refractivity contribution in [1.29, 1.82) is 0 Å². The van der Waals surface area contributed by atoms with Gasteiger partial charge in [0.1, 0.15) is 0 Å². The van der Waals surface area contributed by atoms with Crippen molar-refractivity contribution in [3.63, 3.8) is 0 Å². The number of hydrogen-bond donors (Lipinski definition) is 1. The van der Waals surface area contributed by atoms with Crippen molar-refractivity contribution in [2.75, 3.05) is 31.1 Å². The molecule has 1 aliphatic heterocycles. The van der Waals surface area contributed by atoms with Crippen LogP contribution in [-0.2, 0) is 0 Å². The molecule has 21 heavy (non-hydrogen) atoms. The van der Waals surface area contributed by atoms with Crippen LogP contribution in [0.2, 0.25) is 0 Å². The second-order valence-corrected chi connectivity index (χ2v) is 7.16. The zero-order chi connectivity index (χ0) is 15.2. The Labute approximate surface area is 127 Å². The highest BCUT2D eigenvalue weighted by atomic mass is 32.1. The third kappa shape index (κ3) is 2.51. The number of hydrogen-bond acceptors (Lipinski definition) is 5. The van der Waals surface area contributed by atoms with Gasteiger partial charge < -0.3 is 10.0 Å². The summed E-state index contributed by atoms with van der Waals surface area (Å²) in [6, 6.07) is 0. The summed E-state index contributed by atoms with van der Waals surface area (Å²) in [5.74, 6) is -0.322. The fourth-order valence-corrected chi connectivity index (χ4v) is 3.49. The van der Waals surface area contributed by atoms with Crippen molar-refractivity contribution in [3.8, 4) is 0 Å². The normalized spacial score (nSPS) is 17.6. The van der Waals surface area contributed by atoms with Gasteiger partial charge in [-0.1, -0.05) is 0 Å². The van der Waals surface area contributed by atoms with Crippen molar-refractivity contribution in [2.45, 2.75) is 26.3 Å². The Hall–Kier alpha value is -1.60. The number of aromatic carboxylic acids is 1. The topological polar surface area (TPSA) is 61.1 Å². The molecule has 1 saturated heterocycles. The summed E-state index contributed by atoms with van der Waals surface area (Å²) in [5, 5.41) is 11.3. The van der Waals surface area contributed by atoms with Crippen LogP contribution >= 0.6 is 11.3 Å². The number of imidazole rings is 1. The van der Waals surface area contributed by atoms with Gasteiger partial charge >= 0.3 is 5.97 Å². The minimum absolute atomic E-state index is 0.149. The zero-order valence-electron chi connectivity index (χ0n) is 12.5. The maximum Gasteiger partial charge on any atom is 0.356 e. The lowest BCUT2D eigenvalue weighted by atomic mass is 10.0. The number of aromatic nitrogens is 2. The molecule has 0 aromatic carbocycles. The molecule has 3 heterocycles. The van der Waals surface area contributed by atoms with E-state index in [2.05, 4.69) is 35.6 Å². The van der Waals surface area contributed by atoms with Crippen LogP contribution in [0.1, 0.15) is 31.3 Å². The summed E-state index contributed by atoms with van der Waals surface area (Å²) in [4.78, 5) is 21.3. The monoisotopic (exact) mass is 308 g/mol. The molecule has 6 nitrogen and oxygen atoms in total. The average Bonchev–Trinajstić information content (AvgIpc) is 2.96. The Balaban J connectivity index is 1.87. The van der Waals surface area contributed by atoms with E-state index in [0.717, 1.165) is 31.1 Å². The number of nitrogens with zero attached hydrogens (tertiary/aromatic N) is 4. The Morgan fingerprint density at radius 2 is 1.95 bits per heavy atom. The fraction of sp³-hybridized carbons (Fsp3) is 0.571. The lowest BCUT2D eigenvalue weighted by Gasteiger charge is -2.42. The van der Waals surface area contributed by atoms with Crippen LogP contribution in [0, 0.1) is 0 Å². The number of thiazole rings is 1. The van der Waals surface area contributed by atoms with Gasteiger partial charge in [-0.05, 0) is 20.8 Å². The molecule has 0 atom stereocenters. The highest BCUT2D eigenvalue weighted by Crippen LogP contribution is 2.26. The van der Waals surface area contributed by atoms with Gasteiger partial charge in [-0.15, -0.1) is 11.3 Å². The van der Waals surface area contributed by atoms with Crippen LogP contribution in [0.4, 0.5) is 5.82 Å². The zero-order valence-corrected chi connectivity index (χ0v) is 13.4. The van der Waals surface area contributed by atoms with Crippen LogP contribution in [-0.4, -0.2) is 57.1 Å². The Kier molecular flexibility index (Phi) is 3.41. The molecule has 114 valence electrons.